The monoisotopic (exact) mass is 208 g/mol. The van der Waals surface area contributed by atoms with Crippen molar-refractivity contribution in [2.24, 2.45) is 0 Å². The quantitative estimate of drug-likeness (QED) is 0.623. The Morgan fingerprint density at radius 1 is 1.07 bits per heavy atom. The number of hydrogen-bond acceptors (Lipinski definition) is 2. The van der Waals surface area contributed by atoms with Gasteiger partial charge in [-0.15, -0.1) is 0 Å². The standard InChI is InChI=1S/C10H3F3N2/c11-8-1-6-5(2-14)3-15-4-7(6)9(12)10(8)13/h1,3-4H. The second-order valence-electron chi connectivity index (χ2n) is 2.88. The van der Waals surface area contributed by atoms with Gasteiger partial charge >= 0.3 is 0 Å². The van der Waals surface area contributed by atoms with Crippen LogP contribution >= 0.6 is 0 Å². The first-order valence-electron chi connectivity index (χ1n) is 3.96. The second-order valence-corrected chi connectivity index (χ2v) is 2.88. The first kappa shape index (κ1) is 9.46. The molecule has 0 aliphatic heterocycles. The lowest BCUT2D eigenvalue weighted by atomic mass is 10.1. The molecule has 74 valence electrons. The Labute approximate surface area is 82.6 Å². The smallest absolute Gasteiger partial charge is 0.195 e. The molecule has 1 aromatic heterocycles. The lowest BCUT2D eigenvalue weighted by molar-refractivity contribution is 0.453. The van der Waals surface area contributed by atoms with Crippen molar-refractivity contribution in [1.29, 1.82) is 5.26 Å². The number of aromatic nitrogens is 1. The summed E-state index contributed by atoms with van der Waals surface area (Å²) in [6.07, 6.45) is 2.22. The molecule has 0 unspecified atom stereocenters. The molecule has 0 saturated carbocycles. The molecule has 0 amide bonds. The molecule has 15 heavy (non-hydrogen) atoms. The molecule has 0 fully saturated rings. The molecule has 5 heteroatoms. The Morgan fingerprint density at radius 2 is 1.80 bits per heavy atom. The second kappa shape index (κ2) is 3.24. The van der Waals surface area contributed by atoms with Crippen molar-refractivity contribution in [1.82, 2.24) is 4.98 Å². The van der Waals surface area contributed by atoms with Gasteiger partial charge in [-0.05, 0) is 6.07 Å². The van der Waals surface area contributed by atoms with Gasteiger partial charge in [0.1, 0.15) is 6.07 Å². The van der Waals surface area contributed by atoms with Crippen molar-refractivity contribution >= 4 is 10.8 Å². The zero-order valence-corrected chi connectivity index (χ0v) is 7.26. The minimum atomic E-state index is -1.56. The first-order valence-corrected chi connectivity index (χ1v) is 3.96. The molecule has 1 aromatic carbocycles. The van der Waals surface area contributed by atoms with Gasteiger partial charge in [-0.2, -0.15) is 5.26 Å². The first-order chi connectivity index (χ1) is 7.15. The van der Waals surface area contributed by atoms with Crippen LogP contribution < -0.4 is 0 Å². The summed E-state index contributed by atoms with van der Waals surface area (Å²) in [5.41, 5.74) is 0.00491. The molecule has 0 saturated heterocycles. The average Bonchev–Trinajstić information content (AvgIpc) is 2.25. The molecular formula is C10H3F3N2. The van der Waals surface area contributed by atoms with Gasteiger partial charge in [0.05, 0.1) is 5.56 Å². The van der Waals surface area contributed by atoms with E-state index in [2.05, 4.69) is 4.98 Å². The highest BCUT2D eigenvalue weighted by Gasteiger charge is 2.15. The molecule has 2 rings (SSSR count). The third-order valence-electron chi connectivity index (χ3n) is 2.02. The maximum atomic E-state index is 13.2. The number of rotatable bonds is 0. The Hall–Kier alpha value is -2.09. The van der Waals surface area contributed by atoms with Crippen LogP contribution in [0.3, 0.4) is 0 Å². The summed E-state index contributed by atoms with van der Waals surface area (Å²) in [6.45, 7) is 0. The summed E-state index contributed by atoms with van der Waals surface area (Å²) in [7, 11) is 0. The molecule has 0 spiro atoms. The minimum Gasteiger partial charge on any atom is -0.263 e. The van der Waals surface area contributed by atoms with Crippen LogP contribution in [0, 0.1) is 28.8 Å². The van der Waals surface area contributed by atoms with Gasteiger partial charge in [0.25, 0.3) is 0 Å². The van der Waals surface area contributed by atoms with Crippen molar-refractivity contribution in [3.8, 4) is 6.07 Å². The average molecular weight is 208 g/mol. The molecule has 2 aromatic rings. The van der Waals surface area contributed by atoms with Gasteiger partial charge in [0.2, 0.25) is 0 Å². The fourth-order valence-corrected chi connectivity index (χ4v) is 1.30. The van der Waals surface area contributed by atoms with Crippen LogP contribution in [-0.2, 0) is 0 Å². The third-order valence-corrected chi connectivity index (χ3v) is 2.02. The zero-order valence-electron chi connectivity index (χ0n) is 7.26. The summed E-state index contributed by atoms with van der Waals surface area (Å²) >= 11 is 0. The molecular weight excluding hydrogens is 205 g/mol. The van der Waals surface area contributed by atoms with E-state index in [-0.39, 0.29) is 16.3 Å². The highest BCUT2D eigenvalue weighted by Crippen LogP contribution is 2.24. The van der Waals surface area contributed by atoms with E-state index in [1.807, 2.05) is 0 Å². The van der Waals surface area contributed by atoms with Crippen molar-refractivity contribution < 1.29 is 13.2 Å². The van der Waals surface area contributed by atoms with Crippen LogP contribution in [0.1, 0.15) is 5.56 Å². The van der Waals surface area contributed by atoms with Crippen LogP contribution in [0.15, 0.2) is 18.5 Å². The number of halogens is 3. The number of pyridine rings is 1. The largest absolute Gasteiger partial charge is 0.263 e. The maximum Gasteiger partial charge on any atom is 0.195 e. The fraction of sp³-hybridized carbons (Fsp3) is 0. The van der Waals surface area contributed by atoms with Crippen LogP contribution in [0.25, 0.3) is 10.8 Å². The van der Waals surface area contributed by atoms with E-state index in [9.17, 15) is 13.2 Å². The van der Waals surface area contributed by atoms with Gasteiger partial charge < -0.3 is 0 Å². The summed E-state index contributed by atoms with van der Waals surface area (Å²) in [5.74, 6) is -4.20. The predicted octanol–water partition coefficient (Wildman–Crippen LogP) is 2.52. The van der Waals surface area contributed by atoms with Crippen molar-refractivity contribution in [2.75, 3.05) is 0 Å². The van der Waals surface area contributed by atoms with Gasteiger partial charge in [0.15, 0.2) is 17.5 Å². The van der Waals surface area contributed by atoms with Crippen LogP contribution in [0.2, 0.25) is 0 Å². The van der Waals surface area contributed by atoms with Gasteiger partial charge in [-0.1, -0.05) is 0 Å². The van der Waals surface area contributed by atoms with Crippen molar-refractivity contribution in [2.45, 2.75) is 0 Å². The molecule has 0 radical (unpaired) electrons. The van der Waals surface area contributed by atoms with E-state index in [4.69, 9.17) is 5.26 Å². The number of fused-ring (bicyclic) bond motifs is 1. The summed E-state index contributed by atoms with van der Waals surface area (Å²) in [4.78, 5) is 3.56. The van der Waals surface area contributed by atoms with Crippen molar-refractivity contribution in [3.63, 3.8) is 0 Å². The normalized spacial score (nSPS) is 10.3. The van der Waals surface area contributed by atoms with E-state index in [1.54, 1.807) is 6.07 Å². The van der Waals surface area contributed by atoms with E-state index >= 15 is 0 Å². The SMILES string of the molecule is N#Cc1cncc2c(F)c(F)c(F)cc12. The topological polar surface area (TPSA) is 36.7 Å². The molecule has 0 aliphatic rings. The van der Waals surface area contributed by atoms with Crippen LogP contribution in [0.5, 0.6) is 0 Å². The summed E-state index contributed by atoms with van der Waals surface area (Å²) < 4.78 is 38.9. The molecule has 0 aliphatic carbocycles. The summed E-state index contributed by atoms with van der Waals surface area (Å²) in [5, 5.41) is 8.47. The fourth-order valence-electron chi connectivity index (χ4n) is 1.30. The van der Waals surface area contributed by atoms with E-state index in [0.29, 0.717) is 0 Å². The lowest BCUT2D eigenvalue weighted by Gasteiger charge is -2.02. The van der Waals surface area contributed by atoms with E-state index in [1.165, 1.54) is 6.20 Å². The molecule has 2 nitrogen and oxygen atoms in total. The zero-order chi connectivity index (χ0) is 11.0. The Kier molecular flexibility index (Phi) is 2.05. The predicted molar refractivity (Wildman–Crippen MR) is 46.3 cm³/mol. The van der Waals surface area contributed by atoms with Crippen LogP contribution in [-0.4, -0.2) is 4.98 Å². The van der Waals surface area contributed by atoms with Crippen molar-refractivity contribution in [3.05, 3.63) is 41.5 Å². The molecule has 1 heterocycles. The third kappa shape index (κ3) is 1.31. The van der Waals surface area contributed by atoms with Gasteiger partial charge in [0, 0.05) is 23.2 Å². The van der Waals surface area contributed by atoms with Gasteiger partial charge in [-0.3, -0.25) is 4.98 Å². The maximum absolute atomic E-state index is 13.2. The lowest BCUT2D eigenvalue weighted by Crippen LogP contribution is -1.94. The number of nitriles is 1. The number of hydrogen-bond donors (Lipinski definition) is 0. The van der Waals surface area contributed by atoms with E-state index < -0.39 is 17.5 Å². The molecule has 0 atom stereocenters. The number of benzene rings is 1. The van der Waals surface area contributed by atoms with Crippen LogP contribution in [0.4, 0.5) is 13.2 Å². The highest BCUT2D eigenvalue weighted by atomic mass is 19.2. The Morgan fingerprint density at radius 3 is 2.47 bits per heavy atom. The highest BCUT2D eigenvalue weighted by molar-refractivity contribution is 5.87. The molecule has 0 bridgehead atoms. The Balaban J connectivity index is 2.99. The van der Waals surface area contributed by atoms with E-state index in [0.717, 1.165) is 12.3 Å². The van der Waals surface area contributed by atoms with Gasteiger partial charge in [-0.25, -0.2) is 13.2 Å². The Bertz CT molecular complexity index is 587. The molecule has 0 N–H and O–H groups in total. The minimum absolute atomic E-state index is 0.00491. The number of nitrogens with zero attached hydrogens (tertiary/aromatic N) is 2. The summed E-state index contributed by atoms with van der Waals surface area (Å²) in [6, 6.07) is 2.51.